The van der Waals surface area contributed by atoms with Crippen molar-refractivity contribution in [3.05, 3.63) is 70.3 Å². The molecule has 0 heterocycles. The predicted molar refractivity (Wildman–Crippen MR) is 162 cm³/mol. The van der Waals surface area contributed by atoms with E-state index in [-0.39, 0.29) is 27.6 Å². The molecule has 2 rings (SSSR count). The van der Waals surface area contributed by atoms with E-state index in [0.29, 0.717) is 11.5 Å². The van der Waals surface area contributed by atoms with Crippen LogP contribution in [0.15, 0.2) is 36.9 Å². The summed E-state index contributed by atoms with van der Waals surface area (Å²) in [6.07, 6.45) is 3.07. The van der Waals surface area contributed by atoms with Crippen LogP contribution in [0.25, 0.3) is 0 Å². The van der Waals surface area contributed by atoms with Crippen molar-refractivity contribution in [3.63, 3.8) is 0 Å². The van der Waals surface area contributed by atoms with E-state index < -0.39 is 5.97 Å². The van der Waals surface area contributed by atoms with E-state index in [1.54, 1.807) is 0 Å². The molecule has 3 nitrogen and oxygen atoms in total. The summed E-state index contributed by atoms with van der Waals surface area (Å²) in [4.78, 5) is 12.6. The topological polar surface area (TPSA) is 46.5 Å². The van der Waals surface area contributed by atoms with E-state index in [1.165, 1.54) is 17.2 Å². The van der Waals surface area contributed by atoms with Crippen molar-refractivity contribution in [1.29, 1.82) is 0 Å². The molecule has 0 radical (unpaired) electrons. The van der Waals surface area contributed by atoms with Crippen LogP contribution in [0.3, 0.4) is 0 Å². The first-order valence-electron chi connectivity index (χ1n) is 14.1. The molecule has 1 unspecified atom stereocenters. The van der Waals surface area contributed by atoms with E-state index >= 15 is 0 Å². The van der Waals surface area contributed by atoms with Crippen LogP contribution in [0.2, 0.25) is 0 Å². The molecule has 1 atom stereocenters. The van der Waals surface area contributed by atoms with E-state index in [4.69, 9.17) is 4.74 Å². The Hall–Kier alpha value is -2.55. The normalized spacial score (nSPS) is 13.8. The van der Waals surface area contributed by atoms with E-state index in [0.717, 1.165) is 35.1 Å². The second-order valence-electron chi connectivity index (χ2n) is 14.2. The molecule has 3 heteroatoms. The Morgan fingerprint density at radius 2 is 1.32 bits per heavy atom. The van der Waals surface area contributed by atoms with Gasteiger partial charge in [0, 0.05) is 28.7 Å². The maximum atomic E-state index is 12.6. The first-order chi connectivity index (χ1) is 17.2. The van der Waals surface area contributed by atoms with Crippen LogP contribution in [-0.4, -0.2) is 11.1 Å². The van der Waals surface area contributed by atoms with Crippen LogP contribution in [0.4, 0.5) is 0 Å². The standard InChI is InChI=1S/C35H52O3/c1-15-29(36)38-31-26(19-24(34(11,12)16-2)21-28(31)35(13,14)17-3)22(4)25-18-23(32(5,6)7)20-27(30(25)37)33(8,9)10/h15,18-22,37H,1,16-17H2,2-14H3. The first kappa shape index (κ1) is 31.7. The summed E-state index contributed by atoms with van der Waals surface area (Å²) >= 11 is 0. The monoisotopic (exact) mass is 520 g/mol. The molecule has 0 aromatic heterocycles. The minimum Gasteiger partial charge on any atom is -0.507 e. The summed E-state index contributed by atoms with van der Waals surface area (Å²) in [5.74, 6) is 0.209. The predicted octanol–water partition coefficient (Wildman–Crippen LogP) is 9.61. The third kappa shape index (κ3) is 6.53. The van der Waals surface area contributed by atoms with Crippen molar-refractivity contribution in [3.8, 4) is 11.5 Å². The largest absolute Gasteiger partial charge is 0.507 e. The molecule has 210 valence electrons. The van der Waals surface area contributed by atoms with Crippen molar-refractivity contribution in [2.75, 3.05) is 0 Å². The zero-order chi connectivity index (χ0) is 29.4. The Bertz CT molecular complexity index is 1180. The lowest BCUT2D eigenvalue weighted by atomic mass is 9.72. The molecular formula is C35H52O3. The van der Waals surface area contributed by atoms with Crippen molar-refractivity contribution >= 4 is 5.97 Å². The highest BCUT2D eigenvalue weighted by Crippen LogP contribution is 2.48. The van der Waals surface area contributed by atoms with Gasteiger partial charge in [0.25, 0.3) is 0 Å². The number of hydrogen-bond donors (Lipinski definition) is 1. The molecule has 0 aliphatic carbocycles. The number of ether oxygens (including phenoxy) is 1. The summed E-state index contributed by atoms with van der Waals surface area (Å²) in [6, 6.07) is 8.69. The number of aromatic hydroxyl groups is 1. The highest BCUT2D eigenvalue weighted by molar-refractivity contribution is 5.84. The summed E-state index contributed by atoms with van der Waals surface area (Å²) < 4.78 is 6.05. The third-order valence-corrected chi connectivity index (χ3v) is 8.51. The molecule has 38 heavy (non-hydrogen) atoms. The molecule has 0 aliphatic rings. The van der Waals surface area contributed by atoms with Gasteiger partial charge in [-0.1, -0.05) is 121 Å². The van der Waals surface area contributed by atoms with Gasteiger partial charge in [-0.25, -0.2) is 4.79 Å². The molecule has 0 saturated carbocycles. The van der Waals surface area contributed by atoms with Crippen molar-refractivity contribution in [2.24, 2.45) is 0 Å². The highest BCUT2D eigenvalue weighted by atomic mass is 16.5. The molecule has 0 bridgehead atoms. The van der Waals surface area contributed by atoms with Crippen LogP contribution in [0, 0.1) is 0 Å². The van der Waals surface area contributed by atoms with Gasteiger partial charge in [0.2, 0.25) is 0 Å². The number of carbonyl (C=O) groups excluding carboxylic acids is 1. The van der Waals surface area contributed by atoms with Gasteiger partial charge in [0.05, 0.1) is 0 Å². The molecule has 2 aromatic carbocycles. The van der Waals surface area contributed by atoms with Gasteiger partial charge >= 0.3 is 5.97 Å². The van der Waals surface area contributed by atoms with Crippen molar-refractivity contribution < 1.29 is 14.6 Å². The molecule has 0 fully saturated rings. The van der Waals surface area contributed by atoms with E-state index in [9.17, 15) is 9.90 Å². The number of phenols is 1. The lowest BCUT2D eigenvalue weighted by Gasteiger charge is -2.34. The SMILES string of the molecule is C=CC(=O)Oc1c(C(C)c2cc(C(C)(C)C)cc(C(C)(C)C)c2O)cc(C(C)(C)CC)cc1C(C)(C)CC. The van der Waals surface area contributed by atoms with Crippen molar-refractivity contribution in [2.45, 2.75) is 130 Å². The number of hydrogen-bond acceptors (Lipinski definition) is 3. The number of rotatable bonds is 8. The number of phenolic OH excluding ortho intramolecular Hbond substituents is 1. The van der Waals surface area contributed by atoms with Gasteiger partial charge in [-0.3, -0.25) is 0 Å². The fourth-order valence-corrected chi connectivity index (χ4v) is 4.68. The molecule has 0 amide bonds. The fourth-order valence-electron chi connectivity index (χ4n) is 4.68. The van der Waals surface area contributed by atoms with Gasteiger partial charge in [-0.15, -0.1) is 0 Å². The Labute approximate surface area is 232 Å². The van der Waals surface area contributed by atoms with E-state index in [2.05, 4.69) is 121 Å². The Kier molecular flexibility index (Phi) is 9.09. The van der Waals surface area contributed by atoms with E-state index in [1.807, 2.05) is 0 Å². The Morgan fingerprint density at radius 3 is 1.76 bits per heavy atom. The minimum atomic E-state index is -0.475. The minimum absolute atomic E-state index is 0.0696. The molecule has 0 spiro atoms. The number of esters is 1. The summed E-state index contributed by atoms with van der Waals surface area (Å²) in [5.41, 5.74) is 5.46. The smallest absolute Gasteiger partial charge is 0.335 e. The number of benzene rings is 2. The maximum Gasteiger partial charge on any atom is 0.335 e. The second-order valence-corrected chi connectivity index (χ2v) is 14.2. The second kappa shape index (κ2) is 10.9. The summed E-state index contributed by atoms with van der Waals surface area (Å²) in [6.45, 7) is 32.0. The third-order valence-electron chi connectivity index (χ3n) is 8.51. The van der Waals surface area contributed by atoms with Crippen LogP contribution < -0.4 is 4.74 Å². The molecule has 2 aromatic rings. The lowest BCUT2D eigenvalue weighted by molar-refractivity contribution is -0.129. The van der Waals surface area contributed by atoms with Gasteiger partial charge in [-0.2, -0.15) is 0 Å². The summed E-state index contributed by atoms with van der Waals surface area (Å²) in [5, 5.41) is 11.7. The summed E-state index contributed by atoms with van der Waals surface area (Å²) in [7, 11) is 0. The highest BCUT2D eigenvalue weighted by Gasteiger charge is 2.33. The van der Waals surface area contributed by atoms with Gasteiger partial charge in [-0.05, 0) is 51.2 Å². The quantitative estimate of drug-likeness (QED) is 0.214. The Balaban J connectivity index is 3.07. The molecule has 0 saturated heterocycles. The zero-order valence-corrected chi connectivity index (χ0v) is 26.3. The van der Waals surface area contributed by atoms with Gasteiger partial charge in [0.15, 0.2) is 0 Å². The zero-order valence-electron chi connectivity index (χ0n) is 26.3. The van der Waals surface area contributed by atoms with Gasteiger partial charge < -0.3 is 9.84 Å². The fraction of sp³-hybridized carbons (Fsp3) is 0.571. The Morgan fingerprint density at radius 1 is 0.816 bits per heavy atom. The average molecular weight is 521 g/mol. The average Bonchev–Trinajstić information content (AvgIpc) is 2.81. The van der Waals surface area contributed by atoms with Gasteiger partial charge in [0.1, 0.15) is 11.5 Å². The van der Waals surface area contributed by atoms with Crippen molar-refractivity contribution in [1.82, 2.24) is 0 Å². The molecule has 1 N–H and O–H groups in total. The van der Waals surface area contributed by atoms with Crippen LogP contribution in [0.1, 0.15) is 142 Å². The van der Waals surface area contributed by atoms with Crippen LogP contribution >= 0.6 is 0 Å². The van der Waals surface area contributed by atoms with Crippen LogP contribution in [-0.2, 0) is 26.5 Å². The lowest BCUT2D eigenvalue weighted by Crippen LogP contribution is -2.24. The number of carbonyl (C=O) groups is 1. The van der Waals surface area contributed by atoms with Crippen LogP contribution in [0.5, 0.6) is 11.5 Å². The molecule has 0 aliphatic heterocycles. The first-order valence-corrected chi connectivity index (χ1v) is 14.1. The molecular weight excluding hydrogens is 468 g/mol. The maximum absolute atomic E-state index is 12.6.